The molecule has 2 aromatic rings. The van der Waals surface area contributed by atoms with Crippen LogP contribution in [0.4, 0.5) is 5.95 Å². The second-order valence-corrected chi connectivity index (χ2v) is 7.60. The van der Waals surface area contributed by atoms with Gasteiger partial charge in [-0.1, -0.05) is 34.6 Å². The smallest absolute Gasteiger partial charge is 0.246 e. The lowest BCUT2D eigenvalue weighted by molar-refractivity contribution is 0.599. The van der Waals surface area contributed by atoms with Gasteiger partial charge in [0.1, 0.15) is 0 Å². The van der Waals surface area contributed by atoms with Crippen LogP contribution in [0.3, 0.4) is 0 Å². The predicted octanol–water partition coefficient (Wildman–Crippen LogP) is 2.66. The molecule has 0 amide bonds. The molecule has 1 heterocycles. The first kappa shape index (κ1) is 16.3. The molecule has 0 saturated heterocycles. The summed E-state index contributed by atoms with van der Waals surface area (Å²) in [7, 11) is -1.99. The Labute approximate surface area is 136 Å². The maximum Gasteiger partial charge on any atom is 0.264 e. The zero-order chi connectivity index (χ0) is 15.6. The minimum Gasteiger partial charge on any atom is -0.246 e. The van der Waals surface area contributed by atoms with Crippen molar-refractivity contribution < 1.29 is 8.42 Å². The lowest BCUT2D eigenvalue weighted by Crippen LogP contribution is -2.16. The highest BCUT2D eigenvalue weighted by atomic mass is 79.9. The lowest BCUT2D eigenvalue weighted by Gasteiger charge is -2.09. The summed E-state index contributed by atoms with van der Waals surface area (Å²) < 4.78 is 29.8. The highest BCUT2D eigenvalue weighted by molar-refractivity contribution is 9.10. The van der Waals surface area contributed by atoms with Gasteiger partial charge in [-0.15, -0.1) is 5.10 Å². The zero-order valence-electron chi connectivity index (χ0n) is 11.8. The summed E-state index contributed by atoms with van der Waals surface area (Å²) in [6, 6.07) is 5.07. The van der Waals surface area contributed by atoms with E-state index in [2.05, 4.69) is 30.7 Å². The number of aromatic nitrogens is 3. The van der Waals surface area contributed by atoms with Crippen molar-refractivity contribution in [3.63, 3.8) is 0 Å². The van der Waals surface area contributed by atoms with Gasteiger partial charge in [-0.25, -0.2) is 17.8 Å². The summed E-state index contributed by atoms with van der Waals surface area (Å²) in [5.74, 6) is 0.0758. The van der Waals surface area contributed by atoms with Crippen LogP contribution >= 0.6 is 27.7 Å². The van der Waals surface area contributed by atoms with Crippen molar-refractivity contribution in [1.82, 2.24) is 14.8 Å². The molecule has 6 nitrogen and oxygen atoms in total. The van der Waals surface area contributed by atoms with Crippen LogP contribution in [-0.4, -0.2) is 29.4 Å². The van der Waals surface area contributed by atoms with Gasteiger partial charge >= 0.3 is 0 Å². The normalized spacial score (nSPS) is 11.6. The van der Waals surface area contributed by atoms with Crippen LogP contribution in [0.25, 0.3) is 0 Å². The van der Waals surface area contributed by atoms with E-state index < -0.39 is 10.0 Å². The molecule has 0 aliphatic rings. The second-order valence-electron chi connectivity index (χ2n) is 4.26. The van der Waals surface area contributed by atoms with Crippen LogP contribution in [0.15, 0.2) is 32.7 Å². The number of anilines is 1. The van der Waals surface area contributed by atoms with Crippen LogP contribution in [0.5, 0.6) is 0 Å². The molecule has 9 heteroatoms. The second kappa shape index (κ2) is 6.37. The van der Waals surface area contributed by atoms with E-state index >= 15 is 0 Å². The zero-order valence-corrected chi connectivity index (χ0v) is 15.0. The van der Waals surface area contributed by atoms with Gasteiger partial charge in [-0.2, -0.15) is 4.98 Å². The van der Waals surface area contributed by atoms with E-state index in [0.29, 0.717) is 11.6 Å². The van der Waals surface area contributed by atoms with Crippen molar-refractivity contribution in [2.24, 2.45) is 7.05 Å². The Kier molecular flexibility index (Phi) is 4.95. The Bertz CT molecular complexity index is 759. The maximum atomic E-state index is 12.5. The van der Waals surface area contributed by atoms with Gasteiger partial charge in [0.2, 0.25) is 0 Å². The topological polar surface area (TPSA) is 76.9 Å². The molecule has 1 N–H and O–H groups in total. The van der Waals surface area contributed by atoms with E-state index in [4.69, 9.17) is 0 Å². The monoisotopic (exact) mass is 390 g/mol. The van der Waals surface area contributed by atoms with E-state index in [1.54, 1.807) is 25.2 Å². The van der Waals surface area contributed by atoms with Crippen LogP contribution in [0.2, 0.25) is 0 Å². The summed E-state index contributed by atoms with van der Waals surface area (Å²) >= 11 is 4.74. The number of nitrogens with one attached hydrogen (secondary N) is 1. The summed E-state index contributed by atoms with van der Waals surface area (Å²) in [5.41, 5.74) is 0.734. The van der Waals surface area contributed by atoms with Crippen molar-refractivity contribution in [1.29, 1.82) is 0 Å². The van der Waals surface area contributed by atoms with Crippen molar-refractivity contribution in [3.8, 4) is 0 Å². The molecular formula is C12H15BrN4O2S2. The van der Waals surface area contributed by atoms with E-state index in [0.717, 1.165) is 10.0 Å². The first-order chi connectivity index (χ1) is 9.87. The molecule has 0 bridgehead atoms. The highest BCUT2D eigenvalue weighted by Gasteiger charge is 2.20. The minimum absolute atomic E-state index is 0.0758. The predicted molar refractivity (Wildman–Crippen MR) is 87.1 cm³/mol. The molecular weight excluding hydrogens is 376 g/mol. The molecule has 0 atom stereocenters. The van der Waals surface area contributed by atoms with Gasteiger partial charge in [-0.3, -0.25) is 0 Å². The molecule has 2 rings (SSSR count). The van der Waals surface area contributed by atoms with E-state index in [-0.39, 0.29) is 10.8 Å². The van der Waals surface area contributed by atoms with Gasteiger partial charge in [0.05, 0.1) is 4.90 Å². The summed E-state index contributed by atoms with van der Waals surface area (Å²) in [6.45, 7) is 1.91. The number of thioether (sulfide) groups is 1. The largest absolute Gasteiger partial charge is 0.264 e. The number of nitrogens with zero attached hydrogens (tertiary/aromatic N) is 3. The Balaban J connectivity index is 2.38. The minimum atomic E-state index is -3.70. The number of halogens is 1. The SMILES string of the molecule is CCc1cc(Br)ccc1S(=O)(=O)Nc1nc(SC)n(C)n1. The molecule has 21 heavy (non-hydrogen) atoms. The molecule has 114 valence electrons. The van der Waals surface area contributed by atoms with Gasteiger partial charge < -0.3 is 0 Å². The third-order valence-electron chi connectivity index (χ3n) is 2.82. The van der Waals surface area contributed by atoms with Crippen molar-refractivity contribution in [2.75, 3.05) is 11.0 Å². The van der Waals surface area contributed by atoms with Crippen molar-refractivity contribution in [2.45, 2.75) is 23.4 Å². The van der Waals surface area contributed by atoms with Crippen molar-refractivity contribution in [3.05, 3.63) is 28.2 Å². The quantitative estimate of drug-likeness (QED) is 0.793. The highest BCUT2D eigenvalue weighted by Crippen LogP contribution is 2.23. The molecule has 0 aliphatic heterocycles. The van der Waals surface area contributed by atoms with Gasteiger partial charge in [-0.05, 0) is 36.4 Å². The first-order valence-corrected chi connectivity index (χ1v) is 9.63. The molecule has 0 aliphatic carbocycles. The van der Waals surface area contributed by atoms with Crippen LogP contribution < -0.4 is 4.72 Å². The Hall–Kier alpha value is -1.06. The number of benzene rings is 1. The van der Waals surface area contributed by atoms with Gasteiger partial charge in [0.15, 0.2) is 5.16 Å². The van der Waals surface area contributed by atoms with E-state index in [1.165, 1.54) is 16.4 Å². The number of sulfonamides is 1. The Morgan fingerprint density at radius 1 is 1.43 bits per heavy atom. The molecule has 0 fully saturated rings. The standard InChI is InChI=1S/C12H15BrN4O2S2/c1-4-8-7-9(13)5-6-10(8)21(18,19)16-11-14-12(20-3)17(2)15-11/h5-7H,4H2,1-3H3,(H,15,16). The molecule has 0 spiro atoms. The number of aryl methyl sites for hydroxylation is 2. The fourth-order valence-electron chi connectivity index (χ4n) is 1.85. The Morgan fingerprint density at radius 3 is 2.71 bits per heavy atom. The van der Waals surface area contributed by atoms with E-state index in [1.807, 2.05) is 13.2 Å². The summed E-state index contributed by atoms with van der Waals surface area (Å²) in [6.07, 6.45) is 2.47. The van der Waals surface area contributed by atoms with Crippen molar-refractivity contribution >= 4 is 43.7 Å². The average Bonchev–Trinajstić information content (AvgIpc) is 2.77. The fraction of sp³-hybridized carbons (Fsp3) is 0.333. The third kappa shape index (κ3) is 3.58. The van der Waals surface area contributed by atoms with E-state index in [9.17, 15) is 8.42 Å². The number of rotatable bonds is 5. The molecule has 0 unspecified atom stereocenters. The fourth-order valence-corrected chi connectivity index (χ4v) is 3.98. The maximum absolute atomic E-state index is 12.5. The third-order valence-corrected chi connectivity index (χ3v) is 5.47. The van der Waals surface area contributed by atoms with Crippen LogP contribution in [0.1, 0.15) is 12.5 Å². The summed E-state index contributed by atoms with van der Waals surface area (Å²) in [5, 5.41) is 4.69. The number of hydrogen-bond donors (Lipinski definition) is 1. The lowest BCUT2D eigenvalue weighted by atomic mass is 10.2. The molecule has 1 aromatic heterocycles. The van der Waals surface area contributed by atoms with Gasteiger partial charge in [0.25, 0.3) is 16.0 Å². The average molecular weight is 391 g/mol. The Morgan fingerprint density at radius 2 is 2.14 bits per heavy atom. The van der Waals surface area contributed by atoms with Gasteiger partial charge in [0, 0.05) is 11.5 Å². The first-order valence-electron chi connectivity index (χ1n) is 6.13. The van der Waals surface area contributed by atoms with Crippen LogP contribution in [0, 0.1) is 0 Å². The number of hydrogen-bond acceptors (Lipinski definition) is 5. The molecule has 1 aromatic carbocycles. The molecule has 0 radical (unpaired) electrons. The summed E-state index contributed by atoms with van der Waals surface area (Å²) in [4.78, 5) is 4.37. The molecule has 0 saturated carbocycles. The van der Waals surface area contributed by atoms with Crippen LogP contribution in [-0.2, 0) is 23.5 Å².